The van der Waals surface area contributed by atoms with Gasteiger partial charge in [0.15, 0.2) is 9.84 Å². The van der Waals surface area contributed by atoms with Crippen molar-refractivity contribution >= 4 is 9.84 Å². The summed E-state index contributed by atoms with van der Waals surface area (Å²) in [6, 6.07) is 13.8. The van der Waals surface area contributed by atoms with Gasteiger partial charge < -0.3 is 5.73 Å². The van der Waals surface area contributed by atoms with E-state index < -0.39 is 32.4 Å². The molecule has 2 aromatic carbocycles. The third-order valence-electron chi connectivity index (χ3n) is 4.29. The topological polar surface area (TPSA) is 83.9 Å². The molecular formula is C17H15FN2O2S. The number of nitrogens with two attached hydrogens (primary N) is 1. The van der Waals surface area contributed by atoms with Gasteiger partial charge in [0.25, 0.3) is 0 Å². The van der Waals surface area contributed by atoms with Crippen molar-refractivity contribution in [3.05, 3.63) is 65.5 Å². The van der Waals surface area contributed by atoms with Crippen LogP contribution in [0.3, 0.4) is 0 Å². The van der Waals surface area contributed by atoms with E-state index in [9.17, 15) is 18.1 Å². The van der Waals surface area contributed by atoms with E-state index in [2.05, 4.69) is 0 Å². The summed E-state index contributed by atoms with van der Waals surface area (Å²) in [4.78, 5) is 0.141. The van der Waals surface area contributed by atoms with Crippen molar-refractivity contribution in [1.29, 1.82) is 5.26 Å². The molecule has 23 heavy (non-hydrogen) atoms. The van der Waals surface area contributed by atoms with Crippen LogP contribution in [0.4, 0.5) is 4.39 Å². The molecule has 0 aromatic heterocycles. The van der Waals surface area contributed by atoms with E-state index in [1.165, 1.54) is 36.4 Å². The molecule has 1 aliphatic rings. The van der Waals surface area contributed by atoms with Crippen molar-refractivity contribution in [2.75, 3.05) is 0 Å². The zero-order valence-corrected chi connectivity index (χ0v) is 13.2. The maximum atomic E-state index is 13.1. The first kappa shape index (κ1) is 15.7. The lowest BCUT2D eigenvalue weighted by Gasteiger charge is -2.05. The zero-order valence-electron chi connectivity index (χ0n) is 12.4. The summed E-state index contributed by atoms with van der Waals surface area (Å²) >= 11 is 0. The SMILES string of the molecule is Cc1ccc(S(=O)(=O)[C@@H]2[C@@H](c3ccc(F)cc3)[C@]2(N)C#N)cc1. The second kappa shape index (κ2) is 5.15. The highest BCUT2D eigenvalue weighted by molar-refractivity contribution is 7.92. The fourth-order valence-corrected chi connectivity index (χ4v) is 5.12. The fourth-order valence-electron chi connectivity index (χ4n) is 2.94. The van der Waals surface area contributed by atoms with Gasteiger partial charge in [0, 0.05) is 5.92 Å². The Kier molecular flexibility index (Phi) is 3.51. The molecule has 118 valence electrons. The maximum absolute atomic E-state index is 13.1. The third kappa shape index (κ3) is 2.42. The molecular weight excluding hydrogens is 315 g/mol. The van der Waals surface area contributed by atoms with Crippen molar-refractivity contribution in [2.45, 2.75) is 28.5 Å². The number of benzene rings is 2. The molecule has 0 bridgehead atoms. The van der Waals surface area contributed by atoms with Gasteiger partial charge in [0.05, 0.1) is 11.0 Å². The molecule has 6 heteroatoms. The Morgan fingerprint density at radius 1 is 1.13 bits per heavy atom. The third-order valence-corrected chi connectivity index (χ3v) is 6.55. The Morgan fingerprint density at radius 3 is 2.22 bits per heavy atom. The number of nitrogens with zero attached hydrogens (tertiary/aromatic N) is 1. The Hall–Kier alpha value is -2.23. The molecule has 0 heterocycles. The number of hydrogen-bond donors (Lipinski definition) is 1. The molecule has 0 amide bonds. The first-order valence-corrected chi connectivity index (χ1v) is 8.61. The molecule has 2 aromatic rings. The molecule has 0 saturated heterocycles. The van der Waals surface area contributed by atoms with Gasteiger partial charge in [-0.2, -0.15) is 5.26 Å². The van der Waals surface area contributed by atoms with Crippen molar-refractivity contribution in [2.24, 2.45) is 5.73 Å². The largest absolute Gasteiger partial charge is 0.312 e. The van der Waals surface area contributed by atoms with Crippen LogP contribution in [0.25, 0.3) is 0 Å². The predicted molar refractivity (Wildman–Crippen MR) is 83.8 cm³/mol. The highest BCUT2D eigenvalue weighted by Gasteiger charge is 2.70. The van der Waals surface area contributed by atoms with Gasteiger partial charge in [-0.3, -0.25) is 0 Å². The van der Waals surface area contributed by atoms with Gasteiger partial charge in [-0.05, 0) is 36.8 Å². The molecule has 1 fully saturated rings. The summed E-state index contributed by atoms with van der Waals surface area (Å²) in [5.74, 6) is -1.09. The average Bonchev–Trinajstić information content (AvgIpc) is 3.16. The second-order valence-corrected chi connectivity index (χ2v) is 7.92. The van der Waals surface area contributed by atoms with E-state index in [1.807, 2.05) is 13.0 Å². The molecule has 3 atom stereocenters. The molecule has 2 N–H and O–H groups in total. The summed E-state index contributed by atoms with van der Waals surface area (Å²) in [6.45, 7) is 1.86. The van der Waals surface area contributed by atoms with Gasteiger partial charge in [-0.15, -0.1) is 0 Å². The Morgan fingerprint density at radius 2 is 1.70 bits per heavy atom. The molecule has 1 aliphatic carbocycles. The van der Waals surface area contributed by atoms with Crippen LogP contribution in [0.15, 0.2) is 53.4 Å². The highest BCUT2D eigenvalue weighted by Crippen LogP contribution is 2.55. The lowest BCUT2D eigenvalue weighted by molar-refractivity contribution is 0.592. The summed E-state index contributed by atoms with van der Waals surface area (Å²) < 4.78 is 38.7. The van der Waals surface area contributed by atoms with Gasteiger partial charge in [-0.1, -0.05) is 29.8 Å². The number of sulfone groups is 1. The summed E-state index contributed by atoms with van der Waals surface area (Å²) in [6.07, 6.45) is 0. The second-order valence-electron chi connectivity index (χ2n) is 5.85. The first-order chi connectivity index (χ1) is 10.8. The molecule has 0 aliphatic heterocycles. The Bertz CT molecular complexity index is 886. The van der Waals surface area contributed by atoms with Gasteiger partial charge in [0.2, 0.25) is 0 Å². The number of rotatable bonds is 3. The van der Waals surface area contributed by atoms with Crippen LogP contribution in [-0.4, -0.2) is 19.2 Å². The van der Waals surface area contributed by atoms with Crippen LogP contribution in [0.1, 0.15) is 17.0 Å². The average molecular weight is 330 g/mol. The van der Waals surface area contributed by atoms with Crippen LogP contribution >= 0.6 is 0 Å². The number of nitriles is 1. The fraction of sp³-hybridized carbons (Fsp3) is 0.235. The zero-order chi connectivity index (χ0) is 16.8. The van der Waals surface area contributed by atoms with E-state index in [1.54, 1.807) is 12.1 Å². The van der Waals surface area contributed by atoms with E-state index in [-0.39, 0.29) is 4.90 Å². The van der Waals surface area contributed by atoms with Crippen LogP contribution in [0, 0.1) is 24.1 Å². The lowest BCUT2D eigenvalue weighted by Crippen LogP contribution is -2.29. The summed E-state index contributed by atoms with van der Waals surface area (Å²) in [7, 11) is -3.75. The smallest absolute Gasteiger partial charge is 0.184 e. The number of aryl methyl sites for hydroxylation is 1. The van der Waals surface area contributed by atoms with Crippen molar-refractivity contribution < 1.29 is 12.8 Å². The minimum atomic E-state index is -3.75. The van der Waals surface area contributed by atoms with Crippen LogP contribution in [0.5, 0.6) is 0 Å². The van der Waals surface area contributed by atoms with E-state index in [4.69, 9.17) is 5.73 Å². The highest BCUT2D eigenvalue weighted by atomic mass is 32.2. The van der Waals surface area contributed by atoms with Crippen LogP contribution in [-0.2, 0) is 9.84 Å². The Labute approximate surface area is 134 Å². The standard InChI is InChI=1S/C17H15FN2O2S/c1-11-2-8-14(9-3-11)23(21,22)16-15(17(16,20)10-19)12-4-6-13(18)7-5-12/h2-9,15-16H,20H2,1H3/t15-,16-,17-/m1/s1. The van der Waals surface area contributed by atoms with Gasteiger partial charge in [0.1, 0.15) is 16.6 Å². The molecule has 3 rings (SSSR count). The molecule has 0 radical (unpaired) electrons. The normalized spacial score (nSPS) is 26.5. The van der Waals surface area contributed by atoms with E-state index in [0.29, 0.717) is 5.56 Å². The molecule has 4 nitrogen and oxygen atoms in total. The van der Waals surface area contributed by atoms with Gasteiger partial charge in [-0.25, -0.2) is 12.8 Å². The van der Waals surface area contributed by atoms with Gasteiger partial charge >= 0.3 is 0 Å². The molecule has 1 saturated carbocycles. The minimum absolute atomic E-state index is 0.141. The monoisotopic (exact) mass is 330 g/mol. The number of halogens is 1. The van der Waals surface area contributed by atoms with E-state index in [0.717, 1.165) is 5.56 Å². The molecule has 0 spiro atoms. The van der Waals surface area contributed by atoms with E-state index >= 15 is 0 Å². The lowest BCUT2D eigenvalue weighted by atomic mass is 10.1. The first-order valence-electron chi connectivity index (χ1n) is 7.07. The van der Waals surface area contributed by atoms with Crippen LogP contribution < -0.4 is 5.73 Å². The van der Waals surface area contributed by atoms with Crippen molar-refractivity contribution in [1.82, 2.24) is 0 Å². The Balaban J connectivity index is 2.03. The quantitative estimate of drug-likeness (QED) is 0.936. The summed E-state index contributed by atoms with van der Waals surface area (Å²) in [5.41, 5.74) is 6.02. The minimum Gasteiger partial charge on any atom is -0.312 e. The van der Waals surface area contributed by atoms with Crippen molar-refractivity contribution in [3.8, 4) is 6.07 Å². The predicted octanol–water partition coefficient (Wildman–Crippen LogP) is 2.29. The number of hydrogen-bond acceptors (Lipinski definition) is 4. The van der Waals surface area contributed by atoms with Crippen molar-refractivity contribution in [3.63, 3.8) is 0 Å². The van der Waals surface area contributed by atoms with Crippen LogP contribution in [0.2, 0.25) is 0 Å². The summed E-state index contributed by atoms with van der Waals surface area (Å²) in [5, 5.41) is 8.33. The molecule has 0 unspecified atom stereocenters. The maximum Gasteiger partial charge on any atom is 0.184 e.